The number of para-hydroxylation sites is 1. The Kier molecular flexibility index (Phi) is 4.88. The lowest BCUT2D eigenvalue weighted by Gasteiger charge is -2.12. The largest absolute Gasteiger partial charge is 0.493 e. The average molecular weight is 373 g/mol. The Morgan fingerprint density at radius 3 is 2.68 bits per heavy atom. The molecule has 0 bridgehead atoms. The van der Waals surface area contributed by atoms with Crippen LogP contribution in [-0.4, -0.2) is 25.0 Å². The molecule has 0 fully saturated rings. The van der Waals surface area contributed by atoms with Crippen LogP contribution in [0.25, 0.3) is 10.2 Å². The van der Waals surface area contributed by atoms with Crippen LogP contribution in [0.4, 0.5) is 0 Å². The van der Waals surface area contributed by atoms with E-state index < -0.39 is 5.92 Å². The monoisotopic (exact) mass is 372 g/mol. The maximum Gasteiger partial charge on any atom is 0.187 e. The Balaban J connectivity index is 2.03. The number of fused-ring (bicyclic) bond motifs is 1. The minimum Gasteiger partial charge on any atom is -0.493 e. The normalized spacial score (nSPS) is 11.8. The fourth-order valence-corrected chi connectivity index (χ4v) is 3.77. The molecular weight excluding hydrogens is 360 g/mol. The second kappa shape index (κ2) is 7.09. The summed E-state index contributed by atoms with van der Waals surface area (Å²) in [4.78, 5) is 17.3. The summed E-state index contributed by atoms with van der Waals surface area (Å²) in [5.74, 6) is -0.718. The van der Waals surface area contributed by atoms with Crippen LogP contribution in [0, 0.1) is 11.3 Å². The van der Waals surface area contributed by atoms with Crippen molar-refractivity contribution < 1.29 is 14.3 Å². The summed E-state index contributed by atoms with van der Waals surface area (Å²) in [5.41, 5.74) is 1.04. The van der Waals surface area contributed by atoms with E-state index in [1.54, 1.807) is 0 Å². The van der Waals surface area contributed by atoms with Crippen LogP contribution in [0.1, 0.15) is 21.3 Å². The molecule has 7 heteroatoms. The summed E-state index contributed by atoms with van der Waals surface area (Å²) in [6, 6.07) is 12.5. The number of ketones is 1. The minimum atomic E-state index is -1.01. The van der Waals surface area contributed by atoms with Crippen LogP contribution in [0.5, 0.6) is 11.5 Å². The molecular formula is C18H13ClN2O3S. The van der Waals surface area contributed by atoms with E-state index in [-0.39, 0.29) is 16.4 Å². The van der Waals surface area contributed by atoms with Crippen molar-refractivity contribution >= 4 is 38.9 Å². The van der Waals surface area contributed by atoms with Crippen LogP contribution in [0.3, 0.4) is 0 Å². The number of nitriles is 1. The van der Waals surface area contributed by atoms with Gasteiger partial charge < -0.3 is 9.47 Å². The third kappa shape index (κ3) is 3.16. The Bertz CT molecular complexity index is 961. The predicted octanol–water partition coefficient (Wildman–Crippen LogP) is 4.46. The van der Waals surface area contributed by atoms with E-state index in [9.17, 15) is 10.1 Å². The van der Waals surface area contributed by atoms with E-state index in [0.29, 0.717) is 16.5 Å². The van der Waals surface area contributed by atoms with E-state index >= 15 is 0 Å². The highest BCUT2D eigenvalue weighted by molar-refractivity contribution is 7.18. The van der Waals surface area contributed by atoms with Gasteiger partial charge in [-0.1, -0.05) is 23.7 Å². The van der Waals surface area contributed by atoms with E-state index in [4.69, 9.17) is 21.1 Å². The molecule has 0 amide bonds. The highest BCUT2D eigenvalue weighted by Gasteiger charge is 2.27. The molecule has 3 aromatic rings. The molecule has 2 aromatic carbocycles. The van der Waals surface area contributed by atoms with Crippen molar-refractivity contribution in [3.05, 3.63) is 52.0 Å². The number of carbonyl (C=O) groups excluding carboxylic acids is 1. The molecule has 0 spiro atoms. The van der Waals surface area contributed by atoms with Crippen molar-refractivity contribution in [2.24, 2.45) is 0 Å². The number of methoxy groups -OCH3 is 2. The Morgan fingerprint density at radius 1 is 1.28 bits per heavy atom. The topological polar surface area (TPSA) is 72.2 Å². The van der Waals surface area contributed by atoms with Crippen LogP contribution in [-0.2, 0) is 0 Å². The van der Waals surface area contributed by atoms with E-state index in [1.807, 2.05) is 30.3 Å². The molecule has 0 saturated heterocycles. The SMILES string of the molecule is COc1cc(C(=O)[C@@H](C#N)c2nc3ccccc3s2)cc(Cl)c1OC. The zero-order valence-corrected chi connectivity index (χ0v) is 15.0. The first kappa shape index (κ1) is 17.2. The van der Waals surface area contributed by atoms with Gasteiger partial charge in [0, 0.05) is 5.56 Å². The van der Waals surface area contributed by atoms with Gasteiger partial charge in [0.25, 0.3) is 0 Å². The van der Waals surface area contributed by atoms with Crippen molar-refractivity contribution in [3.63, 3.8) is 0 Å². The second-order valence-corrected chi connectivity index (χ2v) is 6.61. The molecule has 3 rings (SSSR count). The van der Waals surface area contributed by atoms with Crippen molar-refractivity contribution in [3.8, 4) is 17.6 Å². The van der Waals surface area contributed by atoms with Crippen molar-refractivity contribution in [2.45, 2.75) is 5.92 Å². The number of Topliss-reactive ketones (excluding diaryl/α,β-unsaturated/α-hetero) is 1. The highest BCUT2D eigenvalue weighted by atomic mass is 35.5. The summed E-state index contributed by atoms with van der Waals surface area (Å²) in [5, 5.41) is 10.2. The van der Waals surface area contributed by atoms with Gasteiger partial charge in [-0.15, -0.1) is 11.3 Å². The zero-order chi connectivity index (χ0) is 18.0. The third-order valence-electron chi connectivity index (χ3n) is 3.67. The number of carbonyl (C=O) groups is 1. The summed E-state index contributed by atoms with van der Waals surface area (Å²) >= 11 is 7.49. The number of halogens is 1. The fourth-order valence-electron chi connectivity index (χ4n) is 2.47. The number of hydrogen-bond acceptors (Lipinski definition) is 6. The number of thiazole rings is 1. The van der Waals surface area contributed by atoms with E-state index in [2.05, 4.69) is 4.98 Å². The molecule has 1 atom stereocenters. The first-order valence-electron chi connectivity index (χ1n) is 7.29. The third-order valence-corrected chi connectivity index (χ3v) is 5.05. The van der Waals surface area contributed by atoms with Crippen LogP contribution >= 0.6 is 22.9 Å². The van der Waals surface area contributed by atoms with Crippen molar-refractivity contribution in [2.75, 3.05) is 14.2 Å². The van der Waals surface area contributed by atoms with Gasteiger partial charge in [-0.25, -0.2) is 4.98 Å². The summed E-state index contributed by atoms with van der Waals surface area (Å²) < 4.78 is 11.3. The predicted molar refractivity (Wildman–Crippen MR) is 96.9 cm³/mol. The van der Waals surface area contributed by atoms with E-state index in [0.717, 1.165) is 10.2 Å². The molecule has 0 unspecified atom stereocenters. The number of benzene rings is 2. The summed E-state index contributed by atoms with van der Waals surface area (Å²) in [6.45, 7) is 0. The lowest BCUT2D eigenvalue weighted by Crippen LogP contribution is -2.11. The number of ether oxygens (including phenoxy) is 2. The molecule has 126 valence electrons. The molecule has 5 nitrogen and oxygen atoms in total. The Labute approximate surface area is 153 Å². The summed E-state index contributed by atoms with van der Waals surface area (Å²) in [7, 11) is 2.92. The highest BCUT2D eigenvalue weighted by Crippen LogP contribution is 2.38. The van der Waals surface area contributed by atoms with E-state index in [1.165, 1.54) is 37.7 Å². The lowest BCUT2D eigenvalue weighted by molar-refractivity contribution is 0.0978. The van der Waals surface area contributed by atoms with Gasteiger partial charge in [-0.2, -0.15) is 5.26 Å². The minimum absolute atomic E-state index is 0.242. The molecule has 25 heavy (non-hydrogen) atoms. The van der Waals surface area contributed by atoms with Crippen molar-refractivity contribution in [1.29, 1.82) is 5.26 Å². The summed E-state index contributed by atoms with van der Waals surface area (Å²) in [6.07, 6.45) is 0. The molecule has 0 aliphatic rings. The molecule has 0 aliphatic heterocycles. The number of nitrogens with zero attached hydrogens (tertiary/aromatic N) is 2. The van der Waals surface area contributed by atoms with Crippen LogP contribution < -0.4 is 9.47 Å². The molecule has 1 heterocycles. The maximum atomic E-state index is 12.9. The van der Waals surface area contributed by atoms with Gasteiger partial charge in [-0.05, 0) is 24.3 Å². The number of rotatable bonds is 5. The number of aromatic nitrogens is 1. The first-order valence-corrected chi connectivity index (χ1v) is 8.49. The zero-order valence-electron chi connectivity index (χ0n) is 13.4. The smallest absolute Gasteiger partial charge is 0.187 e. The fraction of sp³-hybridized carbons (Fsp3) is 0.167. The Hall–Kier alpha value is -2.62. The van der Waals surface area contributed by atoms with Gasteiger partial charge in [-0.3, -0.25) is 4.79 Å². The first-order chi connectivity index (χ1) is 12.1. The maximum absolute atomic E-state index is 12.9. The van der Waals surface area contributed by atoms with Gasteiger partial charge >= 0.3 is 0 Å². The van der Waals surface area contributed by atoms with Gasteiger partial charge in [0.15, 0.2) is 23.2 Å². The average Bonchev–Trinajstić information content (AvgIpc) is 3.05. The van der Waals surface area contributed by atoms with Crippen LogP contribution in [0.15, 0.2) is 36.4 Å². The molecule has 1 aromatic heterocycles. The number of hydrogen-bond donors (Lipinski definition) is 0. The molecule has 0 N–H and O–H groups in total. The van der Waals surface area contributed by atoms with Gasteiger partial charge in [0.05, 0.1) is 35.5 Å². The van der Waals surface area contributed by atoms with Crippen LogP contribution in [0.2, 0.25) is 5.02 Å². The Morgan fingerprint density at radius 2 is 2.04 bits per heavy atom. The quantitative estimate of drug-likeness (QED) is 0.618. The molecule has 0 radical (unpaired) electrons. The molecule has 0 saturated carbocycles. The lowest BCUT2D eigenvalue weighted by atomic mass is 9.99. The second-order valence-electron chi connectivity index (χ2n) is 5.14. The standard InChI is InChI=1S/C18H13ClN2O3S/c1-23-14-8-10(7-12(19)17(14)24-2)16(22)11(9-20)18-21-13-5-3-4-6-15(13)25-18/h3-8,11H,1-2H3/t11-/m1/s1. The van der Waals surface area contributed by atoms with Gasteiger partial charge in [0.2, 0.25) is 0 Å². The molecule has 0 aliphatic carbocycles. The van der Waals surface area contributed by atoms with Gasteiger partial charge in [0.1, 0.15) is 5.01 Å². The van der Waals surface area contributed by atoms with Crippen molar-refractivity contribution in [1.82, 2.24) is 4.98 Å².